The van der Waals surface area contributed by atoms with Gasteiger partial charge >= 0.3 is 0 Å². The highest BCUT2D eigenvalue weighted by Gasteiger charge is 2.13. The summed E-state index contributed by atoms with van der Waals surface area (Å²) in [6, 6.07) is 0. The highest BCUT2D eigenvalue weighted by atomic mass is 35.5. The first-order valence-electron chi connectivity index (χ1n) is 6.36. The summed E-state index contributed by atoms with van der Waals surface area (Å²) in [4.78, 5) is 11.5. The number of nitrogens with one attached hydrogen (secondary N) is 2. The van der Waals surface area contributed by atoms with Crippen LogP contribution < -0.4 is 10.6 Å². The maximum absolute atomic E-state index is 11.5. The van der Waals surface area contributed by atoms with Crippen molar-refractivity contribution in [3.63, 3.8) is 0 Å². The van der Waals surface area contributed by atoms with Gasteiger partial charge in [0.15, 0.2) is 0 Å². The molecule has 1 aliphatic rings. The number of hydrogen-bond donors (Lipinski definition) is 2. The van der Waals surface area contributed by atoms with E-state index in [0.717, 1.165) is 38.9 Å². The van der Waals surface area contributed by atoms with Gasteiger partial charge < -0.3 is 10.6 Å². The molecule has 1 aliphatic heterocycles. The third kappa shape index (κ3) is 6.33. The van der Waals surface area contributed by atoms with Crippen LogP contribution in [0.15, 0.2) is 0 Å². The van der Waals surface area contributed by atoms with Crippen LogP contribution in [0.5, 0.6) is 0 Å². The Hall–Kier alpha value is -0.280. The van der Waals surface area contributed by atoms with Gasteiger partial charge in [-0.1, -0.05) is 6.42 Å². The fourth-order valence-electron chi connectivity index (χ4n) is 1.99. The molecule has 1 fully saturated rings. The van der Waals surface area contributed by atoms with E-state index in [0.29, 0.717) is 18.2 Å². The van der Waals surface area contributed by atoms with Gasteiger partial charge in [-0.2, -0.15) is 0 Å². The van der Waals surface area contributed by atoms with Crippen molar-refractivity contribution in [3.8, 4) is 0 Å². The molecule has 0 saturated carbocycles. The second kappa shape index (κ2) is 8.82. The fraction of sp³-hybridized carbons (Fsp3) is 0.917. The lowest BCUT2D eigenvalue weighted by Crippen LogP contribution is -2.35. The molecule has 0 unspecified atom stereocenters. The fourth-order valence-corrected chi connectivity index (χ4v) is 2.18. The van der Waals surface area contributed by atoms with E-state index in [1.807, 2.05) is 0 Å². The average Bonchev–Trinajstić information content (AvgIpc) is 2.33. The molecule has 0 atom stereocenters. The third-order valence-electron chi connectivity index (χ3n) is 3.08. The molecule has 4 heteroatoms. The Balaban J connectivity index is 1.96. The summed E-state index contributed by atoms with van der Waals surface area (Å²) in [5, 5.41) is 6.36. The smallest absolute Gasteiger partial charge is 0.220 e. The molecule has 0 radical (unpaired) electrons. The van der Waals surface area contributed by atoms with Crippen molar-refractivity contribution >= 4 is 17.5 Å². The topological polar surface area (TPSA) is 41.1 Å². The Labute approximate surface area is 103 Å². The van der Waals surface area contributed by atoms with Gasteiger partial charge in [0.25, 0.3) is 0 Å². The van der Waals surface area contributed by atoms with Crippen molar-refractivity contribution in [1.82, 2.24) is 10.6 Å². The highest BCUT2D eigenvalue weighted by Crippen LogP contribution is 2.10. The normalized spacial score (nSPS) is 17.3. The van der Waals surface area contributed by atoms with Gasteiger partial charge in [0, 0.05) is 18.8 Å². The van der Waals surface area contributed by atoms with E-state index in [1.165, 1.54) is 12.8 Å². The minimum absolute atomic E-state index is 0.202. The molecule has 94 valence electrons. The summed E-state index contributed by atoms with van der Waals surface area (Å²) in [5.74, 6) is 1.58. The Kier molecular flexibility index (Phi) is 7.60. The molecule has 1 heterocycles. The lowest BCUT2D eigenvalue weighted by Gasteiger charge is -2.22. The molecule has 1 rings (SSSR count). The summed E-state index contributed by atoms with van der Waals surface area (Å²) < 4.78 is 0. The van der Waals surface area contributed by atoms with Crippen molar-refractivity contribution in [3.05, 3.63) is 0 Å². The predicted molar refractivity (Wildman–Crippen MR) is 67.8 cm³/mol. The maximum atomic E-state index is 11.5. The first kappa shape index (κ1) is 13.8. The van der Waals surface area contributed by atoms with E-state index in [4.69, 9.17) is 11.6 Å². The van der Waals surface area contributed by atoms with Crippen LogP contribution in [0.2, 0.25) is 0 Å². The number of piperidine rings is 1. The summed E-state index contributed by atoms with van der Waals surface area (Å²) in [7, 11) is 0. The van der Waals surface area contributed by atoms with Gasteiger partial charge in [0.1, 0.15) is 0 Å². The van der Waals surface area contributed by atoms with Crippen LogP contribution in [0.25, 0.3) is 0 Å². The van der Waals surface area contributed by atoms with Crippen molar-refractivity contribution in [2.24, 2.45) is 5.92 Å². The van der Waals surface area contributed by atoms with Crippen LogP contribution in [0, 0.1) is 5.92 Å². The van der Waals surface area contributed by atoms with Crippen LogP contribution >= 0.6 is 11.6 Å². The highest BCUT2D eigenvalue weighted by molar-refractivity contribution is 6.17. The van der Waals surface area contributed by atoms with Crippen molar-refractivity contribution in [2.75, 3.05) is 25.5 Å². The predicted octanol–water partition coefficient (Wildman–Crippen LogP) is 1.90. The molecule has 0 aliphatic carbocycles. The van der Waals surface area contributed by atoms with Crippen LogP contribution in [0.4, 0.5) is 0 Å². The van der Waals surface area contributed by atoms with Crippen LogP contribution in [0.1, 0.15) is 38.5 Å². The second-order valence-corrected chi connectivity index (χ2v) is 4.88. The van der Waals surface area contributed by atoms with E-state index in [9.17, 15) is 4.79 Å². The third-order valence-corrected chi connectivity index (χ3v) is 3.35. The first-order valence-corrected chi connectivity index (χ1v) is 6.89. The molecule has 0 aromatic rings. The molecule has 0 bridgehead atoms. The molecule has 0 spiro atoms. The first-order chi connectivity index (χ1) is 7.83. The van der Waals surface area contributed by atoms with Gasteiger partial charge in [-0.05, 0) is 44.7 Å². The molecule has 1 saturated heterocycles. The number of carbonyl (C=O) groups is 1. The minimum Gasteiger partial charge on any atom is -0.356 e. The van der Waals surface area contributed by atoms with Crippen molar-refractivity contribution < 1.29 is 4.79 Å². The average molecular weight is 247 g/mol. The van der Waals surface area contributed by atoms with E-state index in [2.05, 4.69) is 10.6 Å². The van der Waals surface area contributed by atoms with Crippen LogP contribution in [-0.4, -0.2) is 31.4 Å². The monoisotopic (exact) mass is 246 g/mol. The van der Waals surface area contributed by atoms with Crippen molar-refractivity contribution in [2.45, 2.75) is 38.5 Å². The SMILES string of the molecule is O=C(CCCCCCl)NCC1CCNCC1. The van der Waals surface area contributed by atoms with Gasteiger partial charge in [0.05, 0.1) is 0 Å². The van der Waals surface area contributed by atoms with Gasteiger partial charge in [-0.25, -0.2) is 0 Å². The summed E-state index contributed by atoms with van der Waals surface area (Å²) in [5.41, 5.74) is 0. The number of alkyl halides is 1. The molecule has 0 aromatic carbocycles. The molecular weight excluding hydrogens is 224 g/mol. The quantitative estimate of drug-likeness (QED) is 0.532. The number of carbonyl (C=O) groups excluding carboxylic acids is 1. The molecule has 1 amide bonds. The minimum atomic E-state index is 0.202. The molecule has 0 aromatic heterocycles. The summed E-state index contributed by atoms with van der Waals surface area (Å²) in [6.45, 7) is 3.04. The van der Waals surface area contributed by atoms with Crippen LogP contribution in [0.3, 0.4) is 0 Å². The Morgan fingerprint density at radius 1 is 1.25 bits per heavy atom. The van der Waals surface area contributed by atoms with Gasteiger partial charge in [-0.3, -0.25) is 4.79 Å². The number of halogens is 1. The molecule has 2 N–H and O–H groups in total. The lowest BCUT2D eigenvalue weighted by molar-refractivity contribution is -0.121. The zero-order valence-corrected chi connectivity index (χ0v) is 10.7. The number of rotatable bonds is 7. The number of hydrogen-bond acceptors (Lipinski definition) is 2. The lowest BCUT2D eigenvalue weighted by atomic mass is 9.98. The largest absolute Gasteiger partial charge is 0.356 e. The Bertz CT molecular complexity index is 193. The van der Waals surface area contributed by atoms with E-state index < -0.39 is 0 Å². The van der Waals surface area contributed by atoms with Gasteiger partial charge in [-0.15, -0.1) is 11.6 Å². The molecular formula is C12H23ClN2O. The zero-order chi connectivity index (χ0) is 11.6. The number of unbranched alkanes of at least 4 members (excludes halogenated alkanes) is 2. The zero-order valence-electron chi connectivity index (χ0n) is 9.93. The van der Waals surface area contributed by atoms with Crippen molar-refractivity contribution in [1.29, 1.82) is 0 Å². The molecule has 16 heavy (non-hydrogen) atoms. The van der Waals surface area contributed by atoms with E-state index in [-0.39, 0.29) is 5.91 Å². The second-order valence-electron chi connectivity index (χ2n) is 4.50. The molecule has 3 nitrogen and oxygen atoms in total. The maximum Gasteiger partial charge on any atom is 0.220 e. The van der Waals surface area contributed by atoms with Crippen LogP contribution in [-0.2, 0) is 4.79 Å². The number of amides is 1. The van der Waals surface area contributed by atoms with E-state index >= 15 is 0 Å². The van der Waals surface area contributed by atoms with E-state index in [1.54, 1.807) is 0 Å². The summed E-state index contributed by atoms with van der Waals surface area (Å²) in [6.07, 6.45) is 6.07. The van der Waals surface area contributed by atoms with Gasteiger partial charge in [0.2, 0.25) is 5.91 Å². The Morgan fingerprint density at radius 2 is 2.00 bits per heavy atom. The standard InChI is InChI=1S/C12H23ClN2O/c13-7-3-1-2-4-12(16)15-10-11-5-8-14-9-6-11/h11,14H,1-10H2,(H,15,16). The Morgan fingerprint density at radius 3 is 2.69 bits per heavy atom. The summed E-state index contributed by atoms with van der Waals surface area (Å²) >= 11 is 5.57.